The molecule has 1 unspecified atom stereocenters. The lowest BCUT2D eigenvalue weighted by atomic mass is 10.4. The maximum absolute atomic E-state index is 11.7. The van der Waals surface area contributed by atoms with Crippen LogP contribution in [0.1, 0.15) is 20.8 Å². The van der Waals surface area contributed by atoms with E-state index < -0.39 is 17.3 Å². The van der Waals surface area contributed by atoms with Crippen LogP contribution in [0.3, 0.4) is 0 Å². The number of hydrogen-bond donors (Lipinski definition) is 1. The van der Waals surface area contributed by atoms with Crippen molar-refractivity contribution in [2.75, 3.05) is 26.7 Å². The third-order valence-electron chi connectivity index (χ3n) is 2.43. The average Bonchev–Trinajstić information content (AvgIpc) is 2.29. The van der Waals surface area contributed by atoms with Crippen LogP contribution >= 0.6 is 11.6 Å². The Hall–Kier alpha value is -1.30. The van der Waals surface area contributed by atoms with E-state index in [0.717, 1.165) is 4.90 Å². The standard InChI is InChI=1S/C11H20ClN3O3/c1-5-15(6-2)9(16)7-14(4)11(18)13-10(17)8(3)12/h8H,5-7H2,1-4H3,(H,13,17,18). The fourth-order valence-electron chi connectivity index (χ4n) is 1.25. The van der Waals surface area contributed by atoms with Gasteiger partial charge in [-0.25, -0.2) is 4.79 Å². The van der Waals surface area contributed by atoms with Crippen molar-refractivity contribution in [3.8, 4) is 0 Å². The van der Waals surface area contributed by atoms with Crippen LogP contribution in [0.15, 0.2) is 0 Å². The van der Waals surface area contributed by atoms with Crippen molar-refractivity contribution in [3.05, 3.63) is 0 Å². The Kier molecular flexibility index (Phi) is 7.35. The van der Waals surface area contributed by atoms with Gasteiger partial charge in [-0.05, 0) is 20.8 Å². The van der Waals surface area contributed by atoms with Crippen LogP contribution in [0.5, 0.6) is 0 Å². The number of alkyl halides is 1. The quantitative estimate of drug-likeness (QED) is 0.750. The number of carbonyl (C=O) groups excluding carboxylic acids is 3. The predicted octanol–water partition coefficient (Wildman–Crippen LogP) is 0.650. The van der Waals surface area contributed by atoms with Crippen molar-refractivity contribution < 1.29 is 14.4 Å². The molecule has 0 fully saturated rings. The normalized spacial score (nSPS) is 11.6. The van der Waals surface area contributed by atoms with Gasteiger partial charge in [-0.1, -0.05) is 0 Å². The second-order valence-corrected chi connectivity index (χ2v) is 4.49. The first kappa shape index (κ1) is 16.7. The van der Waals surface area contributed by atoms with Crippen LogP contribution < -0.4 is 5.32 Å². The van der Waals surface area contributed by atoms with Crippen LogP contribution in [-0.2, 0) is 9.59 Å². The molecule has 1 N–H and O–H groups in total. The summed E-state index contributed by atoms with van der Waals surface area (Å²) in [5.41, 5.74) is 0. The molecule has 0 saturated carbocycles. The largest absolute Gasteiger partial charge is 0.342 e. The molecule has 0 aliphatic heterocycles. The lowest BCUT2D eigenvalue weighted by Crippen LogP contribution is -2.47. The minimum absolute atomic E-state index is 0.0720. The summed E-state index contributed by atoms with van der Waals surface area (Å²) in [5.74, 6) is -0.743. The second-order valence-electron chi connectivity index (χ2n) is 3.83. The van der Waals surface area contributed by atoms with Gasteiger partial charge in [0.25, 0.3) is 0 Å². The maximum atomic E-state index is 11.7. The molecule has 0 spiro atoms. The van der Waals surface area contributed by atoms with Crippen molar-refractivity contribution in [3.63, 3.8) is 0 Å². The number of urea groups is 1. The van der Waals surface area contributed by atoms with Gasteiger partial charge in [0.05, 0.1) is 0 Å². The van der Waals surface area contributed by atoms with Crippen LogP contribution in [0.25, 0.3) is 0 Å². The highest BCUT2D eigenvalue weighted by Gasteiger charge is 2.19. The van der Waals surface area contributed by atoms with Crippen molar-refractivity contribution >= 4 is 29.4 Å². The molecule has 0 aliphatic rings. The van der Waals surface area contributed by atoms with E-state index in [9.17, 15) is 14.4 Å². The van der Waals surface area contributed by atoms with E-state index in [0.29, 0.717) is 13.1 Å². The summed E-state index contributed by atoms with van der Waals surface area (Å²) < 4.78 is 0. The van der Waals surface area contributed by atoms with Gasteiger partial charge in [0.15, 0.2) is 0 Å². The lowest BCUT2D eigenvalue weighted by Gasteiger charge is -2.23. The minimum atomic E-state index is -0.791. The molecule has 0 bridgehead atoms. The molecule has 1 atom stereocenters. The van der Waals surface area contributed by atoms with E-state index in [-0.39, 0.29) is 12.5 Å². The molecular weight excluding hydrogens is 258 g/mol. The smallest absolute Gasteiger partial charge is 0.324 e. The number of hydrogen-bond acceptors (Lipinski definition) is 3. The van der Waals surface area contributed by atoms with Crippen LogP contribution in [0.4, 0.5) is 4.79 Å². The zero-order valence-corrected chi connectivity index (χ0v) is 12.0. The monoisotopic (exact) mass is 277 g/mol. The predicted molar refractivity (Wildman–Crippen MR) is 69.4 cm³/mol. The molecule has 6 nitrogen and oxygen atoms in total. The molecule has 0 aromatic carbocycles. The number of imide groups is 1. The number of nitrogens with zero attached hydrogens (tertiary/aromatic N) is 2. The van der Waals surface area contributed by atoms with Gasteiger partial charge in [-0.2, -0.15) is 0 Å². The topological polar surface area (TPSA) is 69.7 Å². The van der Waals surface area contributed by atoms with Gasteiger partial charge >= 0.3 is 6.03 Å². The fraction of sp³-hybridized carbons (Fsp3) is 0.727. The Labute approximate surface area is 112 Å². The number of carbonyl (C=O) groups is 3. The lowest BCUT2D eigenvalue weighted by molar-refractivity contribution is -0.131. The van der Waals surface area contributed by atoms with Crippen molar-refractivity contribution in [1.82, 2.24) is 15.1 Å². The van der Waals surface area contributed by atoms with E-state index in [2.05, 4.69) is 5.32 Å². The first-order valence-corrected chi connectivity index (χ1v) is 6.24. The van der Waals surface area contributed by atoms with Gasteiger partial charge < -0.3 is 9.80 Å². The Morgan fingerprint density at radius 2 is 1.72 bits per heavy atom. The third kappa shape index (κ3) is 5.35. The summed E-state index contributed by atoms with van der Waals surface area (Å²) >= 11 is 5.52. The molecule has 0 saturated heterocycles. The molecular formula is C11H20ClN3O3. The van der Waals surface area contributed by atoms with Crippen molar-refractivity contribution in [2.45, 2.75) is 26.1 Å². The molecule has 18 heavy (non-hydrogen) atoms. The molecule has 0 heterocycles. The first-order valence-electron chi connectivity index (χ1n) is 5.81. The van der Waals surface area contributed by atoms with Crippen molar-refractivity contribution in [1.29, 1.82) is 0 Å². The molecule has 104 valence electrons. The minimum Gasteiger partial charge on any atom is -0.342 e. The Bertz CT molecular complexity index is 317. The van der Waals surface area contributed by atoms with Gasteiger partial charge in [0.1, 0.15) is 11.9 Å². The molecule has 4 amide bonds. The highest BCUT2D eigenvalue weighted by Crippen LogP contribution is 1.96. The number of likely N-dealkylation sites (N-methyl/N-ethyl adjacent to an activating group) is 2. The zero-order valence-electron chi connectivity index (χ0n) is 11.2. The number of amides is 4. The molecule has 0 rings (SSSR count). The summed E-state index contributed by atoms with van der Waals surface area (Å²) in [6.45, 7) is 6.29. The number of halogens is 1. The molecule has 0 aliphatic carbocycles. The highest BCUT2D eigenvalue weighted by molar-refractivity contribution is 6.31. The van der Waals surface area contributed by atoms with Gasteiger partial charge in [-0.15, -0.1) is 11.6 Å². The van der Waals surface area contributed by atoms with E-state index in [1.165, 1.54) is 14.0 Å². The molecule has 0 aromatic heterocycles. The molecule has 0 aromatic rings. The SMILES string of the molecule is CCN(CC)C(=O)CN(C)C(=O)NC(=O)C(C)Cl. The summed E-state index contributed by atoms with van der Waals surface area (Å²) in [7, 11) is 1.45. The van der Waals surface area contributed by atoms with Crippen LogP contribution in [-0.4, -0.2) is 59.7 Å². The Morgan fingerprint density at radius 1 is 1.22 bits per heavy atom. The van der Waals surface area contributed by atoms with E-state index in [1.807, 2.05) is 13.8 Å². The van der Waals surface area contributed by atoms with Gasteiger partial charge in [-0.3, -0.25) is 14.9 Å². The van der Waals surface area contributed by atoms with E-state index in [4.69, 9.17) is 11.6 Å². The Morgan fingerprint density at radius 3 is 2.11 bits per heavy atom. The van der Waals surface area contributed by atoms with Gasteiger partial charge in [0.2, 0.25) is 11.8 Å². The summed E-state index contributed by atoms with van der Waals surface area (Å²) in [6.07, 6.45) is 0. The summed E-state index contributed by atoms with van der Waals surface area (Å²) in [6, 6.07) is -0.631. The first-order chi connectivity index (χ1) is 8.33. The van der Waals surface area contributed by atoms with E-state index >= 15 is 0 Å². The molecule has 7 heteroatoms. The maximum Gasteiger partial charge on any atom is 0.324 e. The average molecular weight is 278 g/mol. The third-order valence-corrected chi connectivity index (χ3v) is 2.62. The van der Waals surface area contributed by atoms with Gasteiger partial charge in [0, 0.05) is 20.1 Å². The van der Waals surface area contributed by atoms with Crippen molar-refractivity contribution in [2.24, 2.45) is 0 Å². The number of rotatable bonds is 5. The summed E-state index contributed by atoms with van der Waals surface area (Å²) in [5, 5.41) is 1.31. The van der Waals surface area contributed by atoms with Crippen LogP contribution in [0, 0.1) is 0 Å². The fourth-order valence-corrected chi connectivity index (χ4v) is 1.31. The van der Waals surface area contributed by atoms with E-state index in [1.54, 1.807) is 4.90 Å². The molecule has 0 radical (unpaired) electrons. The number of nitrogens with one attached hydrogen (secondary N) is 1. The highest BCUT2D eigenvalue weighted by atomic mass is 35.5. The summed E-state index contributed by atoms with van der Waals surface area (Å²) in [4.78, 5) is 37.3. The zero-order chi connectivity index (χ0) is 14.3. The second kappa shape index (κ2) is 7.92. The van der Waals surface area contributed by atoms with Crippen LogP contribution in [0.2, 0.25) is 0 Å². The Balaban J connectivity index is 4.32.